The molecule has 2 N–H and O–H groups in total. The second-order valence-corrected chi connectivity index (χ2v) is 2.58. The maximum atomic E-state index is 5.78. The predicted octanol–water partition coefficient (Wildman–Crippen LogP) is 1.92. The fourth-order valence-corrected chi connectivity index (χ4v) is 1.16. The van der Waals surface area contributed by atoms with Gasteiger partial charge in [0.15, 0.2) is 18.5 Å². The molecule has 1 aromatic rings. The lowest BCUT2D eigenvalue weighted by Crippen LogP contribution is -2.06. The van der Waals surface area contributed by atoms with E-state index in [9.17, 15) is 0 Å². The van der Waals surface area contributed by atoms with Crippen LogP contribution in [0.15, 0.2) is 42.7 Å². The number of nitrogens with two attached hydrogens (primary N) is 1. The molecule has 0 amide bonds. The van der Waals surface area contributed by atoms with E-state index in [0.29, 0.717) is 0 Å². The quantitative estimate of drug-likeness (QED) is 0.498. The van der Waals surface area contributed by atoms with Gasteiger partial charge in [-0.1, -0.05) is 12.1 Å². The van der Waals surface area contributed by atoms with Crippen LogP contribution in [0.1, 0.15) is 0 Å². The molecular formula is C10H9N2+. The molecule has 0 saturated heterocycles. The molecule has 0 radical (unpaired) electrons. The van der Waals surface area contributed by atoms with Gasteiger partial charge in [0.2, 0.25) is 0 Å². The Morgan fingerprint density at radius 1 is 1.25 bits per heavy atom. The second kappa shape index (κ2) is 2.68. The van der Waals surface area contributed by atoms with Gasteiger partial charge in [-0.3, -0.25) is 0 Å². The maximum Gasteiger partial charge on any atom is 0.179 e. The summed E-state index contributed by atoms with van der Waals surface area (Å²) in [5.41, 5.74) is 7.56. The number of anilines is 2. The van der Waals surface area contributed by atoms with Gasteiger partial charge in [-0.2, -0.15) is 0 Å². The Kier molecular flexibility index (Phi) is 1.54. The van der Waals surface area contributed by atoms with Gasteiger partial charge in [0, 0.05) is 0 Å². The summed E-state index contributed by atoms with van der Waals surface area (Å²) in [6, 6.07) is 7.75. The van der Waals surface area contributed by atoms with Crippen molar-refractivity contribution in [3.63, 3.8) is 0 Å². The van der Waals surface area contributed by atoms with E-state index in [2.05, 4.69) is 6.08 Å². The van der Waals surface area contributed by atoms with Crippen molar-refractivity contribution < 1.29 is 0 Å². The first-order valence-corrected chi connectivity index (χ1v) is 3.77. The molecule has 0 spiro atoms. The van der Waals surface area contributed by atoms with Gasteiger partial charge >= 0.3 is 0 Å². The monoisotopic (exact) mass is 157 g/mol. The lowest BCUT2D eigenvalue weighted by Gasteiger charge is -2.08. The number of nitrogens with zero attached hydrogens (tertiary/aromatic N) is 1. The van der Waals surface area contributed by atoms with Crippen molar-refractivity contribution in [2.45, 2.75) is 0 Å². The Hall–Kier alpha value is -1.79. The third kappa shape index (κ3) is 1.04. The zero-order valence-electron chi connectivity index (χ0n) is 6.57. The van der Waals surface area contributed by atoms with E-state index in [1.54, 1.807) is 0 Å². The number of allylic oxidation sites excluding steroid dienone is 2. The van der Waals surface area contributed by atoms with Crippen LogP contribution in [0.4, 0.5) is 11.4 Å². The van der Waals surface area contributed by atoms with Crippen LogP contribution in [-0.4, -0.2) is 0 Å². The average molecular weight is 157 g/mol. The highest BCUT2D eigenvalue weighted by Gasteiger charge is 2.12. The number of benzene rings is 1. The molecule has 1 aliphatic rings. The van der Waals surface area contributed by atoms with Crippen LogP contribution in [-0.2, 0) is 0 Å². The van der Waals surface area contributed by atoms with Gasteiger partial charge in [-0.15, -0.1) is 0 Å². The van der Waals surface area contributed by atoms with E-state index in [1.165, 1.54) is 0 Å². The summed E-state index contributed by atoms with van der Waals surface area (Å²) in [7, 11) is 0. The molecule has 1 heterocycles. The molecule has 0 bridgehead atoms. The SMILES string of the molecule is Nc1ccccc1N1C=[C+]C=C1. The average Bonchev–Trinajstić information content (AvgIpc) is 2.57. The first-order valence-electron chi connectivity index (χ1n) is 3.77. The summed E-state index contributed by atoms with van der Waals surface area (Å²) >= 11 is 0. The summed E-state index contributed by atoms with van der Waals surface area (Å²) < 4.78 is 0. The largest absolute Gasteiger partial charge is 0.397 e. The zero-order valence-corrected chi connectivity index (χ0v) is 6.57. The van der Waals surface area contributed by atoms with Crippen molar-refractivity contribution >= 4 is 11.4 Å². The summed E-state index contributed by atoms with van der Waals surface area (Å²) in [6.07, 6.45) is 8.59. The molecule has 0 aromatic heterocycles. The molecule has 2 nitrogen and oxygen atoms in total. The third-order valence-corrected chi connectivity index (χ3v) is 1.76. The van der Waals surface area contributed by atoms with Crippen molar-refractivity contribution in [3.05, 3.63) is 48.8 Å². The lowest BCUT2D eigenvalue weighted by atomic mass is 10.2. The van der Waals surface area contributed by atoms with Crippen LogP contribution in [0, 0.1) is 6.08 Å². The number of hydrogen-bond donors (Lipinski definition) is 1. The molecule has 58 valence electrons. The van der Waals surface area contributed by atoms with E-state index in [1.807, 2.05) is 47.6 Å². The third-order valence-electron chi connectivity index (χ3n) is 1.76. The topological polar surface area (TPSA) is 29.3 Å². The smallest absolute Gasteiger partial charge is 0.179 e. The van der Waals surface area contributed by atoms with Crippen LogP contribution in [0.3, 0.4) is 0 Å². The first-order chi connectivity index (χ1) is 5.88. The van der Waals surface area contributed by atoms with E-state index >= 15 is 0 Å². The van der Waals surface area contributed by atoms with Crippen molar-refractivity contribution in [1.82, 2.24) is 0 Å². The number of rotatable bonds is 1. The van der Waals surface area contributed by atoms with Gasteiger partial charge < -0.3 is 5.73 Å². The van der Waals surface area contributed by atoms with Gasteiger partial charge in [-0.25, -0.2) is 4.90 Å². The zero-order chi connectivity index (χ0) is 8.39. The van der Waals surface area contributed by atoms with E-state index in [-0.39, 0.29) is 0 Å². The highest BCUT2D eigenvalue weighted by atomic mass is 15.1. The molecule has 0 unspecified atom stereocenters. The van der Waals surface area contributed by atoms with Gasteiger partial charge in [0.25, 0.3) is 0 Å². The highest BCUT2D eigenvalue weighted by Crippen LogP contribution is 2.24. The Labute approximate surface area is 71.6 Å². The Bertz CT molecular complexity index is 327. The van der Waals surface area contributed by atoms with Crippen LogP contribution in [0.5, 0.6) is 0 Å². The molecule has 0 atom stereocenters. The summed E-state index contributed by atoms with van der Waals surface area (Å²) in [6.45, 7) is 0. The Balaban J connectivity index is 2.39. The molecule has 0 aliphatic carbocycles. The summed E-state index contributed by atoms with van der Waals surface area (Å²) in [5.74, 6) is 0. The van der Waals surface area contributed by atoms with E-state index < -0.39 is 0 Å². The second-order valence-electron chi connectivity index (χ2n) is 2.58. The van der Waals surface area contributed by atoms with Crippen molar-refractivity contribution in [2.24, 2.45) is 0 Å². The first kappa shape index (κ1) is 6.89. The summed E-state index contributed by atoms with van der Waals surface area (Å²) in [4.78, 5) is 1.94. The molecule has 0 fully saturated rings. The van der Waals surface area contributed by atoms with E-state index in [0.717, 1.165) is 11.4 Å². The van der Waals surface area contributed by atoms with Crippen LogP contribution in [0.25, 0.3) is 0 Å². The van der Waals surface area contributed by atoms with Crippen molar-refractivity contribution in [3.8, 4) is 0 Å². The summed E-state index contributed by atoms with van der Waals surface area (Å²) in [5, 5.41) is 0. The number of nitrogen functional groups attached to an aromatic ring is 1. The van der Waals surface area contributed by atoms with Crippen LogP contribution >= 0.6 is 0 Å². The molecule has 2 heteroatoms. The molecule has 12 heavy (non-hydrogen) atoms. The minimum Gasteiger partial charge on any atom is -0.397 e. The van der Waals surface area contributed by atoms with Crippen LogP contribution in [0.2, 0.25) is 0 Å². The van der Waals surface area contributed by atoms with Crippen LogP contribution < -0.4 is 10.6 Å². The molecule has 1 aromatic carbocycles. The lowest BCUT2D eigenvalue weighted by molar-refractivity contribution is 1.31. The standard InChI is InChI=1S/C10H9N2/c11-9-5-1-2-6-10(9)12-7-3-4-8-12/h1-3,5-8H,11H2/q+1. The van der Waals surface area contributed by atoms with Crippen molar-refractivity contribution in [1.29, 1.82) is 0 Å². The number of hydrogen-bond acceptors (Lipinski definition) is 2. The van der Waals surface area contributed by atoms with Gasteiger partial charge in [-0.05, 0) is 12.1 Å². The van der Waals surface area contributed by atoms with Crippen molar-refractivity contribution in [2.75, 3.05) is 10.6 Å². The maximum absolute atomic E-state index is 5.78. The predicted molar refractivity (Wildman–Crippen MR) is 50.3 cm³/mol. The fourth-order valence-electron chi connectivity index (χ4n) is 1.16. The molecular weight excluding hydrogens is 148 g/mol. The Morgan fingerprint density at radius 3 is 2.75 bits per heavy atom. The molecule has 2 rings (SSSR count). The minimum absolute atomic E-state index is 0.780. The Morgan fingerprint density at radius 2 is 2.08 bits per heavy atom. The highest BCUT2D eigenvalue weighted by molar-refractivity contribution is 5.70. The van der Waals surface area contributed by atoms with Gasteiger partial charge in [0.05, 0.1) is 11.4 Å². The normalized spacial score (nSPS) is 13.5. The minimum atomic E-state index is 0.780. The fraction of sp³-hybridized carbons (Fsp3) is 0. The van der Waals surface area contributed by atoms with Gasteiger partial charge in [0.1, 0.15) is 6.08 Å². The number of para-hydroxylation sites is 2. The van der Waals surface area contributed by atoms with E-state index in [4.69, 9.17) is 5.73 Å². The molecule has 1 aliphatic heterocycles. The molecule has 0 saturated carbocycles.